The predicted molar refractivity (Wildman–Crippen MR) is 142 cm³/mol. The molecule has 0 aliphatic heterocycles. The van der Waals surface area contributed by atoms with Gasteiger partial charge in [-0.2, -0.15) is 0 Å². The molecule has 7 nitrogen and oxygen atoms in total. The lowest BCUT2D eigenvalue weighted by molar-refractivity contribution is 0.153. The fourth-order valence-electron chi connectivity index (χ4n) is 3.47. The van der Waals surface area contributed by atoms with Crippen LogP contribution in [0.3, 0.4) is 0 Å². The normalized spacial score (nSPS) is 12.2. The van der Waals surface area contributed by atoms with Crippen LogP contribution in [-0.2, 0) is 26.1 Å². The highest BCUT2D eigenvalue weighted by atomic mass is 35.5. The third-order valence-electron chi connectivity index (χ3n) is 5.65. The van der Waals surface area contributed by atoms with Gasteiger partial charge in [0.05, 0.1) is 17.2 Å². The molecule has 0 spiro atoms. The quantitative estimate of drug-likeness (QED) is 0.163. The van der Waals surface area contributed by atoms with Gasteiger partial charge >= 0.3 is 0 Å². The van der Waals surface area contributed by atoms with Crippen molar-refractivity contribution in [1.29, 1.82) is 0 Å². The molecule has 0 radical (unpaired) electrons. The maximum Gasteiger partial charge on any atom is 0.269 e. The molecule has 3 rings (SSSR count). The van der Waals surface area contributed by atoms with Gasteiger partial charge in [-0.1, -0.05) is 66.7 Å². The molecule has 0 aliphatic rings. The fraction of sp³-hybridized carbons (Fsp3) is 0.400. The van der Waals surface area contributed by atoms with Gasteiger partial charge < -0.3 is 14.0 Å². The maximum atomic E-state index is 14.1. The van der Waals surface area contributed by atoms with Crippen molar-refractivity contribution in [3.8, 4) is 11.1 Å². The summed E-state index contributed by atoms with van der Waals surface area (Å²) in [6, 6.07) is 13.2. The molecule has 1 aromatic heterocycles. The number of sulfonamides is 1. The average molecular weight is 537 g/mol. The molecule has 0 amide bonds. The largest absolute Gasteiger partial charge is 0.380 e. The van der Waals surface area contributed by atoms with Gasteiger partial charge in [-0.05, 0) is 37.6 Å². The van der Waals surface area contributed by atoms with E-state index in [2.05, 4.69) is 24.8 Å². The van der Waals surface area contributed by atoms with Gasteiger partial charge in [-0.25, -0.2) is 12.7 Å². The molecular weight excluding hydrogens is 504 g/mol. The van der Waals surface area contributed by atoms with Crippen LogP contribution in [0.25, 0.3) is 11.1 Å². The maximum absolute atomic E-state index is 14.1. The van der Waals surface area contributed by atoms with Crippen LogP contribution < -0.4 is 4.31 Å². The van der Waals surface area contributed by atoms with Crippen LogP contribution in [0.15, 0.2) is 51.9 Å². The third-order valence-corrected chi connectivity index (χ3v) is 9.43. The van der Waals surface area contributed by atoms with E-state index in [0.717, 1.165) is 15.9 Å². The third kappa shape index (κ3) is 6.53. The second-order valence-corrected chi connectivity index (χ2v) is 17.5. The summed E-state index contributed by atoms with van der Waals surface area (Å²) in [7, 11) is -3.83. The number of methoxy groups -OCH3 is 1. The van der Waals surface area contributed by atoms with Gasteiger partial charge in [0.15, 0.2) is 0 Å². The Balaban J connectivity index is 2.05. The molecule has 35 heavy (non-hydrogen) atoms. The minimum Gasteiger partial charge on any atom is -0.380 e. The van der Waals surface area contributed by atoms with Crippen molar-refractivity contribution >= 4 is 35.6 Å². The fourth-order valence-corrected chi connectivity index (χ4v) is 6.07. The van der Waals surface area contributed by atoms with E-state index in [9.17, 15) is 8.42 Å². The van der Waals surface area contributed by atoms with E-state index in [1.165, 1.54) is 0 Å². The highest BCUT2D eigenvalue weighted by molar-refractivity contribution is 7.93. The number of ether oxygens (including phenoxy) is 2. The van der Waals surface area contributed by atoms with Crippen molar-refractivity contribution in [3.63, 3.8) is 0 Å². The van der Waals surface area contributed by atoms with Crippen LogP contribution in [0.1, 0.15) is 16.8 Å². The van der Waals surface area contributed by atoms with Crippen LogP contribution >= 0.6 is 11.6 Å². The van der Waals surface area contributed by atoms with E-state index in [1.54, 1.807) is 51.3 Å². The summed E-state index contributed by atoms with van der Waals surface area (Å²) in [5.41, 5.74) is 3.25. The van der Waals surface area contributed by atoms with E-state index < -0.39 is 18.1 Å². The van der Waals surface area contributed by atoms with E-state index >= 15 is 0 Å². The topological polar surface area (TPSA) is 81.9 Å². The summed E-state index contributed by atoms with van der Waals surface area (Å²) in [5.74, 6) is 0.145. The smallest absolute Gasteiger partial charge is 0.269 e. The average Bonchev–Trinajstić information content (AvgIpc) is 3.11. The lowest BCUT2D eigenvalue weighted by Gasteiger charge is -2.24. The van der Waals surface area contributed by atoms with E-state index in [-0.39, 0.29) is 17.5 Å². The molecule has 0 N–H and O–H groups in total. The number of anilines is 1. The SMILES string of the molecule is COCc1ccc(-c2ccccc2S(=O)(=O)N(COCC[Si](C)(C)C)c2onc(C)c2C)c(Cl)c1. The van der Waals surface area contributed by atoms with E-state index in [0.29, 0.717) is 40.6 Å². The van der Waals surface area contributed by atoms with Crippen molar-refractivity contribution in [3.05, 3.63) is 64.3 Å². The molecular formula is C25H33ClN2O5SSi. The minimum absolute atomic E-state index is 0.101. The molecule has 0 unspecified atom stereocenters. The summed E-state index contributed by atoms with van der Waals surface area (Å²) < 4.78 is 45.8. The Kier molecular flexibility index (Phi) is 8.82. The summed E-state index contributed by atoms with van der Waals surface area (Å²) >= 11 is 6.58. The standard InChI is InChI=1S/C25H33ClN2O5SSi/c1-18-19(2)27-33-25(18)28(17-32-13-14-35(4,5)6)34(29,30)24-10-8-7-9-22(24)21-12-11-20(16-31-3)15-23(21)26/h7-12,15H,13-14,16-17H2,1-6H3. The van der Waals surface area contributed by atoms with Crippen molar-refractivity contribution in [2.45, 2.75) is 51.0 Å². The molecule has 0 atom stereocenters. The van der Waals surface area contributed by atoms with Gasteiger partial charge in [-0.15, -0.1) is 0 Å². The Bertz CT molecular complexity index is 1270. The molecule has 2 aromatic carbocycles. The first-order valence-corrected chi connectivity index (χ1v) is 16.9. The minimum atomic E-state index is -4.09. The number of aryl methyl sites for hydroxylation is 1. The number of nitrogens with zero attached hydrogens (tertiary/aromatic N) is 2. The van der Waals surface area contributed by atoms with Crippen molar-refractivity contribution in [2.75, 3.05) is 24.8 Å². The molecule has 0 fully saturated rings. The van der Waals surface area contributed by atoms with Crippen molar-refractivity contribution in [1.82, 2.24) is 5.16 Å². The summed E-state index contributed by atoms with van der Waals surface area (Å²) in [5, 5.41) is 4.41. The zero-order valence-electron chi connectivity index (χ0n) is 21.1. The lowest BCUT2D eigenvalue weighted by Crippen LogP contribution is -2.34. The Morgan fingerprint density at radius 1 is 1.09 bits per heavy atom. The van der Waals surface area contributed by atoms with Crippen LogP contribution in [0.5, 0.6) is 0 Å². The lowest BCUT2D eigenvalue weighted by atomic mass is 10.0. The van der Waals surface area contributed by atoms with Gasteiger partial charge in [-0.3, -0.25) is 0 Å². The van der Waals surface area contributed by atoms with Crippen LogP contribution in [0.4, 0.5) is 5.88 Å². The second-order valence-electron chi connectivity index (χ2n) is 9.64. The molecule has 190 valence electrons. The Labute approximate surface area is 214 Å². The van der Waals surface area contributed by atoms with E-state index in [4.69, 9.17) is 25.6 Å². The number of aromatic nitrogens is 1. The highest BCUT2D eigenvalue weighted by Gasteiger charge is 2.32. The van der Waals surface area contributed by atoms with Crippen LogP contribution in [0.2, 0.25) is 30.7 Å². The van der Waals surface area contributed by atoms with Gasteiger partial charge in [0.2, 0.25) is 5.88 Å². The first kappa shape index (κ1) is 27.4. The van der Waals surface area contributed by atoms with E-state index in [1.807, 2.05) is 12.1 Å². The summed E-state index contributed by atoms with van der Waals surface area (Å²) in [4.78, 5) is 0.101. The van der Waals surface area contributed by atoms with Crippen molar-refractivity contribution < 1.29 is 22.4 Å². The molecule has 10 heteroatoms. The molecule has 0 bridgehead atoms. The highest BCUT2D eigenvalue weighted by Crippen LogP contribution is 2.37. The van der Waals surface area contributed by atoms with Crippen molar-refractivity contribution in [2.24, 2.45) is 0 Å². The Morgan fingerprint density at radius 3 is 2.40 bits per heavy atom. The monoisotopic (exact) mass is 536 g/mol. The predicted octanol–water partition coefficient (Wildman–Crippen LogP) is 6.27. The zero-order chi connectivity index (χ0) is 25.8. The number of hydrogen-bond donors (Lipinski definition) is 0. The van der Waals surface area contributed by atoms with Gasteiger partial charge in [0, 0.05) is 43.5 Å². The first-order valence-electron chi connectivity index (χ1n) is 11.4. The first-order chi connectivity index (χ1) is 16.5. The molecule has 1 heterocycles. The molecule has 0 saturated heterocycles. The molecule has 0 saturated carbocycles. The number of hydrogen-bond acceptors (Lipinski definition) is 6. The van der Waals surface area contributed by atoms with Gasteiger partial charge in [0.25, 0.3) is 10.0 Å². The Hall–Kier alpha value is -2.17. The number of benzene rings is 2. The summed E-state index contributed by atoms with van der Waals surface area (Å²) in [6.45, 7) is 11.0. The molecule has 3 aromatic rings. The van der Waals surface area contributed by atoms with Crippen LogP contribution in [-0.4, -0.2) is 42.1 Å². The summed E-state index contributed by atoms with van der Waals surface area (Å²) in [6.07, 6.45) is 0. The van der Waals surface area contributed by atoms with Crippen LogP contribution in [0, 0.1) is 13.8 Å². The number of rotatable bonds is 11. The van der Waals surface area contributed by atoms with Gasteiger partial charge in [0.1, 0.15) is 6.73 Å². The second kappa shape index (κ2) is 11.3. The zero-order valence-corrected chi connectivity index (χ0v) is 23.7. The molecule has 0 aliphatic carbocycles. The number of halogens is 1. The Morgan fingerprint density at radius 2 is 1.80 bits per heavy atom.